The summed E-state index contributed by atoms with van der Waals surface area (Å²) in [6, 6.07) is 7.56. The molecule has 1 aromatic carbocycles. The number of amides is 1. The second-order valence-electron chi connectivity index (χ2n) is 7.18. The third-order valence-corrected chi connectivity index (χ3v) is 5.32. The van der Waals surface area contributed by atoms with Crippen molar-refractivity contribution >= 4 is 17.4 Å². The van der Waals surface area contributed by atoms with Crippen molar-refractivity contribution in [1.29, 1.82) is 0 Å². The van der Waals surface area contributed by atoms with Gasteiger partial charge in [0.15, 0.2) is 0 Å². The van der Waals surface area contributed by atoms with Crippen LogP contribution in [-0.2, 0) is 0 Å². The van der Waals surface area contributed by atoms with E-state index in [4.69, 9.17) is 5.73 Å². The second kappa shape index (κ2) is 7.15. The number of pyridine rings is 1. The predicted octanol–water partition coefficient (Wildman–Crippen LogP) is 2.96. The molecule has 2 heterocycles. The van der Waals surface area contributed by atoms with Crippen molar-refractivity contribution < 1.29 is 14.3 Å². The lowest BCUT2D eigenvalue weighted by atomic mass is 9.82. The van der Waals surface area contributed by atoms with E-state index >= 15 is 0 Å². The second-order valence-corrected chi connectivity index (χ2v) is 7.18. The van der Waals surface area contributed by atoms with Crippen LogP contribution in [0.15, 0.2) is 30.3 Å². The Hall–Kier alpha value is -2.67. The van der Waals surface area contributed by atoms with Crippen LogP contribution in [0.1, 0.15) is 48.4 Å². The summed E-state index contributed by atoms with van der Waals surface area (Å²) in [5.41, 5.74) is 7.98. The molecule has 1 aromatic heterocycles. The van der Waals surface area contributed by atoms with Gasteiger partial charge in [-0.1, -0.05) is 6.92 Å². The summed E-state index contributed by atoms with van der Waals surface area (Å²) in [4.78, 5) is 18.1. The summed E-state index contributed by atoms with van der Waals surface area (Å²) in [6.45, 7) is 7.55. The fourth-order valence-electron chi connectivity index (χ4n) is 3.81. The topological polar surface area (TPSA) is 91.5 Å². The van der Waals surface area contributed by atoms with Gasteiger partial charge in [-0.05, 0) is 51.1 Å². The van der Waals surface area contributed by atoms with Crippen molar-refractivity contribution in [2.75, 3.05) is 10.2 Å². The van der Waals surface area contributed by atoms with Crippen LogP contribution >= 0.6 is 0 Å². The van der Waals surface area contributed by atoms with E-state index < -0.39 is 12.1 Å². The molecule has 4 atom stereocenters. The van der Waals surface area contributed by atoms with Crippen molar-refractivity contribution in [2.24, 2.45) is 11.7 Å². The number of primary amides is 1. The van der Waals surface area contributed by atoms with Gasteiger partial charge in [0.2, 0.25) is 0 Å². The van der Waals surface area contributed by atoms with E-state index in [1.165, 1.54) is 12.1 Å². The number of hydrogen-bond acceptors (Lipinski definition) is 5. The molecule has 3 rings (SSSR count). The van der Waals surface area contributed by atoms with Crippen LogP contribution in [0.25, 0.3) is 0 Å². The Morgan fingerprint density at radius 3 is 2.67 bits per heavy atom. The molecule has 2 aromatic rings. The SMILES string of the molecule is Cc1ccc(C(N)=O)c(N[C@H]2c3cc(F)ccc3N(C(C)O)[C@@H](C)[C@@H]2C)n1. The van der Waals surface area contributed by atoms with Crippen molar-refractivity contribution in [2.45, 2.75) is 46.0 Å². The highest BCUT2D eigenvalue weighted by molar-refractivity contribution is 5.97. The first-order valence-corrected chi connectivity index (χ1v) is 9.00. The maximum Gasteiger partial charge on any atom is 0.252 e. The average molecular weight is 372 g/mol. The molecule has 1 amide bonds. The number of benzene rings is 1. The van der Waals surface area contributed by atoms with Gasteiger partial charge in [0, 0.05) is 28.9 Å². The molecule has 0 fully saturated rings. The fourth-order valence-corrected chi connectivity index (χ4v) is 3.81. The molecular formula is C20H25FN4O2. The number of aliphatic hydroxyl groups is 1. The number of aliphatic hydroxyl groups excluding tert-OH is 1. The highest BCUT2D eigenvalue weighted by Crippen LogP contribution is 2.43. The number of anilines is 2. The molecule has 7 heteroatoms. The normalized spacial score (nSPS) is 22.9. The maximum atomic E-state index is 14.0. The first-order valence-electron chi connectivity index (χ1n) is 9.00. The molecule has 0 saturated carbocycles. The minimum Gasteiger partial charge on any atom is -0.374 e. The maximum absolute atomic E-state index is 14.0. The Morgan fingerprint density at radius 2 is 2.04 bits per heavy atom. The molecule has 27 heavy (non-hydrogen) atoms. The zero-order valence-electron chi connectivity index (χ0n) is 15.9. The van der Waals surface area contributed by atoms with Crippen LogP contribution in [0.3, 0.4) is 0 Å². The van der Waals surface area contributed by atoms with Crippen molar-refractivity contribution in [3.63, 3.8) is 0 Å². The number of nitrogens with one attached hydrogen (secondary N) is 1. The quantitative estimate of drug-likeness (QED) is 0.767. The molecule has 0 aliphatic carbocycles. The first-order chi connectivity index (χ1) is 12.7. The van der Waals surface area contributed by atoms with Gasteiger partial charge in [0.1, 0.15) is 17.9 Å². The summed E-state index contributed by atoms with van der Waals surface area (Å²) in [5, 5.41) is 13.6. The van der Waals surface area contributed by atoms with Crippen LogP contribution in [-0.4, -0.2) is 28.3 Å². The van der Waals surface area contributed by atoms with Crippen molar-refractivity contribution in [1.82, 2.24) is 4.98 Å². The van der Waals surface area contributed by atoms with E-state index in [9.17, 15) is 14.3 Å². The van der Waals surface area contributed by atoms with E-state index in [1.807, 2.05) is 25.7 Å². The Balaban J connectivity index is 2.11. The number of rotatable bonds is 4. The third-order valence-electron chi connectivity index (χ3n) is 5.32. The predicted molar refractivity (Wildman–Crippen MR) is 103 cm³/mol. The number of carbonyl (C=O) groups excluding carboxylic acids is 1. The van der Waals surface area contributed by atoms with Gasteiger partial charge in [-0.15, -0.1) is 0 Å². The van der Waals surface area contributed by atoms with Gasteiger partial charge in [-0.2, -0.15) is 0 Å². The summed E-state index contributed by atoms with van der Waals surface area (Å²) in [5.74, 6) is -0.559. The Labute approximate surface area is 158 Å². The van der Waals surface area contributed by atoms with Crippen molar-refractivity contribution in [3.8, 4) is 0 Å². The smallest absolute Gasteiger partial charge is 0.252 e. The number of carbonyl (C=O) groups is 1. The largest absolute Gasteiger partial charge is 0.374 e. The van der Waals surface area contributed by atoms with Crippen LogP contribution in [0.4, 0.5) is 15.9 Å². The summed E-state index contributed by atoms with van der Waals surface area (Å²) < 4.78 is 14.0. The zero-order chi connectivity index (χ0) is 19.9. The fraction of sp³-hybridized carbons (Fsp3) is 0.400. The number of aryl methyl sites for hydroxylation is 1. The number of fused-ring (bicyclic) bond motifs is 1. The van der Waals surface area contributed by atoms with Crippen LogP contribution in [0.2, 0.25) is 0 Å². The Kier molecular flexibility index (Phi) is 5.06. The number of halogens is 1. The minimum absolute atomic E-state index is 0.00283. The number of aromatic nitrogens is 1. The number of nitrogens with zero attached hydrogens (tertiary/aromatic N) is 2. The Morgan fingerprint density at radius 1 is 1.33 bits per heavy atom. The minimum atomic E-state index is -0.717. The lowest BCUT2D eigenvalue weighted by Crippen LogP contribution is -2.50. The van der Waals surface area contributed by atoms with Gasteiger partial charge >= 0.3 is 0 Å². The molecule has 144 valence electrons. The molecule has 1 aliphatic rings. The van der Waals surface area contributed by atoms with Gasteiger partial charge in [0.05, 0.1) is 11.6 Å². The van der Waals surface area contributed by atoms with E-state index in [-0.39, 0.29) is 29.4 Å². The van der Waals surface area contributed by atoms with Gasteiger partial charge in [0.25, 0.3) is 5.91 Å². The van der Waals surface area contributed by atoms with Gasteiger partial charge in [-0.3, -0.25) is 4.79 Å². The first kappa shape index (κ1) is 19.1. The van der Waals surface area contributed by atoms with Crippen LogP contribution < -0.4 is 16.0 Å². The standard InChI is InChI=1S/C20H25FN4O2/c1-10-5-7-15(19(22)27)20(23-10)24-18-11(2)12(3)25(13(4)26)17-8-6-14(21)9-16(17)18/h5-9,11-13,18,26H,1-4H3,(H2,22,27)(H,23,24)/t11-,12-,13?,18+/m0/s1. The molecular weight excluding hydrogens is 347 g/mol. The summed E-state index contributed by atoms with van der Waals surface area (Å²) in [6.07, 6.45) is -0.717. The lowest BCUT2D eigenvalue weighted by Gasteiger charge is -2.46. The van der Waals surface area contributed by atoms with E-state index in [0.29, 0.717) is 11.4 Å². The summed E-state index contributed by atoms with van der Waals surface area (Å²) >= 11 is 0. The molecule has 4 N–H and O–H groups in total. The summed E-state index contributed by atoms with van der Waals surface area (Å²) in [7, 11) is 0. The molecule has 0 saturated heterocycles. The molecule has 1 unspecified atom stereocenters. The Bertz CT molecular complexity index is 871. The van der Waals surface area contributed by atoms with Crippen LogP contribution in [0, 0.1) is 18.7 Å². The highest BCUT2D eigenvalue weighted by atomic mass is 19.1. The van der Waals surface area contributed by atoms with Gasteiger partial charge < -0.3 is 21.1 Å². The number of nitrogens with two attached hydrogens (primary N) is 1. The van der Waals surface area contributed by atoms with Crippen LogP contribution in [0.5, 0.6) is 0 Å². The molecule has 6 nitrogen and oxygen atoms in total. The van der Waals surface area contributed by atoms with Gasteiger partial charge in [-0.25, -0.2) is 9.37 Å². The molecule has 1 aliphatic heterocycles. The van der Waals surface area contributed by atoms with E-state index in [2.05, 4.69) is 10.3 Å². The monoisotopic (exact) mass is 372 g/mol. The lowest BCUT2D eigenvalue weighted by molar-refractivity contribution is 0.100. The van der Waals surface area contributed by atoms with E-state index in [1.54, 1.807) is 25.1 Å². The van der Waals surface area contributed by atoms with E-state index in [0.717, 1.165) is 11.4 Å². The molecule has 0 bridgehead atoms. The van der Waals surface area contributed by atoms with Crippen molar-refractivity contribution in [3.05, 3.63) is 53.0 Å². The highest BCUT2D eigenvalue weighted by Gasteiger charge is 2.38. The number of hydrogen-bond donors (Lipinski definition) is 3. The zero-order valence-corrected chi connectivity index (χ0v) is 15.9. The third kappa shape index (κ3) is 3.47. The average Bonchev–Trinajstić information content (AvgIpc) is 2.59. The molecule has 0 spiro atoms. The molecule has 0 radical (unpaired) electrons.